The van der Waals surface area contributed by atoms with Crippen molar-refractivity contribution in [1.29, 1.82) is 0 Å². The Kier molecular flexibility index (Phi) is 7.39. The van der Waals surface area contributed by atoms with Gasteiger partial charge in [0.1, 0.15) is 23.3 Å². The van der Waals surface area contributed by atoms with E-state index in [1.807, 2.05) is 97.3 Å². The molecule has 0 saturated heterocycles. The lowest BCUT2D eigenvalue weighted by Crippen LogP contribution is -2.19. The molecule has 0 aliphatic rings. The Morgan fingerprint density at radius 3 is 0.975 bits per heavy atom. The van der Waals surface area contributed by atoms with E-state index in [4.69, 9.17) is 9.97 Å². The van der Waals surface area contributed by atoms with Gasteiger partial charge in [0.2, 0.25) is 0 Å². The van der Waals surface area contributed by atoms with Crippen LogP contribution in [0.25, 0.3) is 11.4 Å². The Labute approximate surface area is 232 Å². The molecule has 6 rings (SSSR count). The summed E-state index contributed by atoms with van der Waals surface area (Å²) in [4.78, 5) is 31.7. The SMILES string of the molecule is c1ccc(N(Cc2ccc(-c3ccc(CN(c4ccccn4)c4ccccn4)cn3)nc2)c2ccccn2)nc1. The van der Waals surface area contributed by atoms with E-state index < -0.39 is 0 Å². The molecular weight excluding hydrogens is 496 g/mol. The maximum absolute atomic E-state index is 4.71. The van der Waals surface area contributed by atoms with Crippen LogP contribution in [-0.2, 0) is 13.1 Å². The highest BCUT2D eigenvalue weighted by atomic mass is 15.2. The third-order valence-corrected chi connectivity index (χ3v) is 6.30. The summed E-state index contributed by atoms with van der Waals surface area (Å²) in [7, 11) is 0. The first kappa shape index (κ1) is 24.8. The average molecular weight is 523 g/mol. The van der Waals surface area contributed by atoms with Gasteiger partial charge in [-0.25, -0.2) is 19.9 Å². The standard InChI is InChI=1S/C32H26N8/c1-5-17-33-29(9-1)39(30-10-2-6-18-34-30)23-25-13-15-27(37-21-25)28-16-14-26(22-38-28)24-40(31-11-3-7-19-35-31)32-12-4-8-20-36-32/h1-22H,23-24H2. The summed E-state index contributed by atoms with van der Waals surface area (Å²) in [5, 5.41) is 0. The molecule has 8 heteroatoms. The zero-order valence-corrected chi connectivity index (χ0v) is 21.7. The predicted octanol–water partition coefficient (Wildman–Crippen LogP) is 6.40. The van der Waals surface area contributed by atoms with E-state index in [0.717, 1.165) is 45.8 Å². The van der Waals surface area contributed by atoms with Crippen LogP contribution in [0.2, 0.25) is 0 Å². The quantitative estimate of drug-likeness (QED) is 0.216. The first-order chi connectivity index (χ1) is 19.8. The van der Waals surface area contributed by atoms with Crippen molar-refractivity contribution in [3.05, 3.63) is 145 Å². The van der Waals surface area contributed by atoms with Crippen LogP contribution in [0, 0.1) is 0 Å². The van der Waals surface area contributed by atoms with Crippen LogP contribution in [0.3, 0.4) is 0 Å². The Hall–Kier alpha value is -5.50. The van der Waals surface area contributed by atoms with E-state index >= 15 is 0 Å². The molecule has 0 radical (unpaired) electrons. The molecule has 0 bridgehead atoms. The van der Waals surface area contributed by atoms with Crippen LogP contribution in [0.5, 0.6) is 0 Å². The molecule has 6 aromatic rings. The zero-order chi connectivity index (χ0) is 27.0. The third kappa shape index (κ3) is 5.81. The van der Waals surface area contributed by atoms with Crippen molar-refractivity contribution in [1.82, 2.24) is 29.9 Å². The van der Waals surface area contributed by atoms with Crippen LogP contribution in [0.15, 0.2) is 134 Å². The molecule has 0 spiro atoms. The Morgan fingerprint density at radius 1 is 0.375 bits per heavy atom. The summed E-state index contributed by atoms with van der Waals surface area (Å²) in [5.41, 5.74) is 3.70. The molecule has 194 valence electrons. The van der Waals surface area contributed by atoms with E-state index in [2.05, 4.69) is 41.9 Å². The lowest BCUT2D eigenvalue weighted by molar-refractivity contribution is 0.913. The monoisotopic (exact) mass is 522 g/mol. The minimum atomic E-state index is 0.588. The van der Waals surface area contributed by atoms with Gasteiger partial charge in [0.15, 0.2) is 0 Å². The minimum absolute atomic E-state index is 0.588. The van der Waals surface area contributed by atoms with Crippen LogP contribution in [-0.4, -0.2) is 29.9 Å². The fourth-order valence-electron chi connectivity index (χ4n) is 4.32. The van der Waals surface area contributed by atoms with Crippen LogP contribution < -0.4 is 9.80 Å². The summed E-state index contributed by atoms with van der Waals surface area (Å²) >= 11 is 0. The van der Waals surface area contributed by atoms with Crippen molar-refractivity contribution >= 4 is 23.3 Å². The van der Waals surface area contributed by atoms with E-state index in [1.165, 1.54) is 0 Å². The van der Waals surface area contributed by atoms with Gasteiger partial charge in [0.05, 0.1) is 24.5 Å². The first-order valence-corrected chi connectivity index (χ1v) is 12.9. The predicted molar refractivity (Wildman–Crippen MR) is 156 cm³/mol. The Morgan fingerprint density at radius 2 is 0.725 bits per heavy atom. The summed E-state index contributed by atoms with van der Waals surface area (Å²) in [6.45, 7) is 1.18. The molecule has 8 nitrogen and oxygen atoms in total. The Bertz CT molecular complexity index is 1410. The number of nitrogens with zero attached hydrogens (tertiary/aromatic N) is 8. The van der Waals surface area contributed by atoms with E-state index in [0.29, 0.717) is 13.1 Å². The highest BCUT2D eigenvalue weighted by Gasteiger charge is 2.14. The summed E-state index contributed by atoms with van der Waals surface area (Å²) in [5.74, 6) is 3.31. The second-order valence-electron chi connectivity index (χ2n) is 9.03. The van der Waals surface area contributed by atoms with Gasteiger partial charge in [0, 0.05) is 37.2 Å². The molecule has 0 saturated carbocycles. The molecule has 0 aliphatic carbocycles. The van der Waals surface area contributed by atoms with Crippen LogP contribution in [0.1, 0.15) is 11.1 Å². The number of anilines is 4. The Balaban J connectivity index is 1.19. The molecule has 0 atom stereocenters. The number of hydrogen-bond donors (Lipinski definition) is 0. The number of hydrogen-bond acceptors (Lipinski definition) is 8. The largest absolute Gasteiger partial charge is 0.306 e. The normalized spacial score (nSPS) is 10.7. The molecule has 6 heterocycles. The van der Waals surface area contributed by atoms with Crippen LogP contribution >= 0.6 is 0 Å². The number of rotatable bonds is 9. The summed E-state index contributed by atoms with van der Waals surface area (Å²) < 4.78 is 0. The molecule has 0 fully saturated rings. The fraction of sp³-hybridized carbons (Fsp3) is 0.0625. The molecular formula is C32H26N8. The molecule has 0 amide bonds. The molecule has 0 aliphatic heterocycles. The smallest absolute Gasteiger partial charge is 0.134 e. The van der Waals surface area contributed by atoms with Crippen molar-refractivity contribution in [2.75, 3.05) is 9.80 Å². The lowest BCUT2D eigenvalue weighted by Gasteiger charge is -2.23. The summed E-state index contributed by atoms with van der Waals surface area (Å²) in [6, 6.07) is 31.6. The maximum Gasteiger partial charge on any atom is 0.134 e. The highest BCUT2D eigenvalue weighted by molar-refractivity contribution is 5.59. The van der Waals surface area contributed by atoms with Crippen molar-refractivity contribution < 1.29 is 0 Å². The van der Waals surface area contributed by atoms with Crippen molar-refractivity contribution in [2.45, 2.75) is 13.1 Å². The fourth-order valence-corrected chi connectivity index (χ4v) is 4.32. The summed E-state index contributed by atoms with van der Waals surface area (Å²) in [6.07, 6.45) is 10.9. The van der Waals surface area contributed by atoms with Crippen molar-refractivity contribution in [2.24, 2.45) is 0 Å². The first-order valence-electron chi connectivity index (χ1n) is 12.9. The second kappa shape index (κ2) is 11.9. The average Bonchev–Trinajstić information content (AvgIpc) is 3.05. The van der Waals surface area contributed by atoms with Crippen molar-refractivity contribution in [3.8, 4) is 11.4 Å². The van der Waals surface area contributed by atoms with Crippen molar-refractivity contribution in [3.63, 3.8) is 0 Å². The van der Waals surface area contributed by atoms with Gasteiger partial charge in [-0.15, -0.1) is 0 Å². The van der Waals surface area contributed by atoms with Gasteiger partial charge in [-0.05, 0) is 71.8 Å². The van der Waals surface area contributed by atoms with E-state index in [9.17, 15) is 0 Å². The van der Waals surface area contributed by atoms with E-state index in [1.54, 1.807) is 24.8 Å². The van der Waals surface area contributed by atoms with Gasteiger partial charge in [0.25, 0.3) is 0 Å². The van der Waals surface area contributed by atoms with E-state index in [-0.39, 0.29) is 0 Å². The topological polar surface area (TPSA) is 83.8 Å². The lowest BCUT2D eigenvalue weighted by atomic mass is 10.1. The minimum Gasteiger partial charge on any atom is -0.306 e. The van der Waals surface area contributed by atoms with Crippen LogP contribution in [0.4, 0.5) is 23.3 Å². The highest BCUT2D eigenvalue weighted by Crippen LogP contribution is 2.26. The molecule has 0 unspecified atom stereocenters. The van der Waals surface area contributed by atoms with Gasteiger partial charge in [-0.3, -0.25) is 9.97 Å². The maximum atomic E-state index is 4.71. The number of aromatic nitrogens is 6. The van der Waals surface area contributed by atoms with Gasteiger partial charge in [-0.2, -0.15) is 0 Å². The molecule has 0 aromatic carbocycles. The molecule has 40 heavy (non-hydrogen) atoms. The molecule has 0 N–H and O–H groups in total. The molecule has 6 aromatic heterocycles. The van der Waals surface area contributed by atoms with Gasteiger partial charge >= 0.3 is 0 Å². The third-order valence-electron chi connectivity index (χ3n) is 6.30. The number of pyridine rings is 6. The zero-order valence-electron chi connectivity index (χ0n) is 21.7. The van der Waals surface area contributed by atoms with Gasteiger partial charge in [-0.1, -0.05) is 36.4 Å². The van der Waals surface area contributed by atoms with Gasteiger partial charge < -0.3 is 9.80 Å². The second-order valence-corrected chi connectivity index (χ2v) is 9.03.